The molecule has 1 heterocycles. The first kappa shape index (κ1) is 18.7. The molecule has 3 rings (SSSR count). The number of anilines is 3. The van der Waals surface area contributed by atoms with E-state index in [1.807, 2.05) is 0 Å². The zero-order chi connectivity index (χ0) is 19.8. The topological polar surface area (TPSA) is 102 Å². The van der Waals surface area contributed by atoms with Crippen LogP contribution in [0, 0.1) is 0 Å². The van der Waals surface area contributed by atoms with Crippen LogP contribution in [0.25, 0.3) is 0 Å². The molecule has 0 saturated heterocycles. The first-order valence-corrected chi connectivity index (χ1v) is 8.55. The van der Waals surface area contributed by atoms with Crippen LogP contribution in [-0.4, -0.2) is 29.9 Å². The maximum atomic E-state index is 12.8. The Morgan fingerprint density at radius 1 is 1.22 bits per heavy atom. The van der Waals surface area contributed by atoms with Gasteiger partial charge in [-0.15, -0.1) is 0 Å². The highest BCUT2D eigenvalue weighted by molar-refractivity contribution is 6.33. The van der Waals surface area contributed by atoms with E-state index in [0.29, 0.717) is 16.4 Å². The predicted octanol–water partition coefficient (Wildman–Crippen LogP) is 2.84. The fraction of sp³-hybridized carbons (Fsp3) is 0.211. The molecule has 140 valence electrons. The Kier molecular flexibility index (Phi) is 4.80. The summed E-state index contributed by atoms with van der Waals surface area (Å²) >= 11 is 5.83. The summed E-state index contributed by atoms with van der Waals surface area (Å²) in [7, 11) is 0. The fourth-order valence-electron chi connectivity index (χ4n) is 2.84. The average Bonchev–Trinajstić information content (AvgIpc) is 2.62. The summed E-state index contributed by atoms with van der Waals surface area (Å²) in [5.41, 5.74) is 6.02. The molecule has 1 aliphatic heterocycles. The first-order chi connectivity index (χ1) is 12.7. The molecule has 2 aromatic rings. The second-order valence-electron chi connectivity index (χ2n) is 6.57. The molecule has 1 aliphatic rings. The Balaban J connectivity index is 1.79. The lowest BCUT2D eigenvalue weighted by Crippen LogP contribution is -2.59. The molecule has 2 amide bonds. The van der Waals surface area contributed by atoms with Crippen LogP contribution in [0.4, 0.5) is 17.1 Å². The number of fused-ring (bicyclic) bond motifs is 1. The number of hydrogen-bond acceptors (Lipinski definition) is 5. The number of carbonyl (C=O) groups is 3. The third-order valence-electron chi connectivity index (χ3n) is 4.32. The predicted molar refractivity (Wildman–Crippen MR) is 103 cm³/mol. The summed E-state index contributed by atoms with van der Waals surface area (Å²) < 4.78 is 5.12. The number of halogens is 1. The zero-order valence-electron chi connectivity index (χ0n) is 14.8. The van der Waals surface area contributed by atoms with Crippen molar-refractivity contribution < 1.29 is 19.1 Å². The van der Waals surface area contributed by atoms with Gasteiger partial charge >= 0.3 is 5.97 Å². The summed E-state index contributed by atoms with van der Waals surface area (Å²) in [5.74, 6) is -1.55. The normalized spacial score (nSPS) is 14.9. The van der Waals surface area contributed by atoms with Gasteiger partial charge in [0.15, 0.2) is 6.61 Å². The summed E-state index contributed by atoms with van der Waals surface area (Å²) in [6, 6.07) is 11.2. The number of para-hydroxylation sites is 2. The monoisotopic (exact) mass is 387 g/mol. The van der Waals surface area contributed by atoms with Crippen molar-refractivity contribution in [2.45, 2.75) is 19.4 Å². The van der Waals surface area contributed by atoms with Crippen LogP contribution in [0.3, 0.4) is 0 Å². The molecule has 0 spiro atoms. The van der Waals surface area contributed by atoms with Crippen LogP contribution in [0.5, 0.6) is 0 Å². The van der Waals surface area contributed by atoms with Gasteiger partial charge in [-0.25, -0.2) is 4.79 Å². The summed E-state index contributed by atoms with van der Waals surface area (Å²) in [6.45, 7) is 2.72. The van der Waals surface area contributed by atoms with Gasteiger partial charge in [0.25, 0.3) is 5.91 Å². The molecule has 8 heteroatoms. The highest BCUT2D eigenvalue weighted by Crippen LogP contribution is 2.36. The van der Waals surface area contributed by atoms with E-state index in [9.17, 15) is 14.4 Å². The molecule has 2 aromatic carbocycles. The number of amides is 2. The molecule has 0 aliphatic carbocycles. The van der Waals surface area contributed by atoms with Crippen LogP contribution >= 0.6 is 11.6 Å². The van der Waals surface area contributed by atoms with Gasteiger partial charge in [-0.2, -0.15) is 0 Å². The minimum Gasteiger partial charge on any atom is -0.452 e. The number of hydrogen-bond donors (Lipinski definition) is 2. The quantitative estimate of drug-likeness (QED) is 0.622. The number of carbonyl (C=O) groups excluding carboxylic acids is 3. The number of nitrogen functional groups attached to an aromatic ring is 1. The van der Waals surface area contributed by atoms with Gasteiger partial charge in [0.2, 0.25) is 5.91 Å². The van der Waals surface area contributed by atoms with E-state index in [1.165, 1.54) is 23.1 Å². The van der Waals surface area contributed by atoms with Crippen molar-refractivity contribution >= 4 is 46.4 Å². The molecule has 3 N–H and O–H groups in total. The molecule has 7 nitrogen and oxygen atoms in total. The van der Waals surface area contributed by atoms with Gasteiger partial charge < -0.3 is 15.8 Å². The average molecular weight is 388 g/mol. The molecule has 27 heavy (non-hydrogen) atoms. The molecule has 0 fully saturated rings. The van der Waals surface area contributed by atoms with Crippen LogP contribution in [0.1, 0.15) is 24.2 Å². The molecule has 0 unspecified atom stereocenters. The van der Waals surface area contributed by atoms with E-state index in [4.69, 9.17) is 22.1 Å². The second-order valence-corrected chi connectivity index (χ2v) is 6.98. The molecule has 0 aromatic heterocycles. The Labute approximate surface area is 161 Å². The Hall–Kier alpha value is -3.06. The summed E-state index contributed by atoms with van der Waals surface area (Å²) in [4.78, 5) is 38.7. The minimum atomic E-state index is -1.14. The van der Waals surface area contributed by atoms with E-state index in [2.05, 4.69) is 5.32 Å². The van der Waals surface area contributed by atoms with Crippen LogP contribution in [-0.2, 0) is 14.3 Å². The zero-order valence-corrected chi connectivity index (χ0v) is 15.5. The summed E-state index contributed by atoms with van der Waals surface area (Å²) in [5, 5.41) is 3.09. The van der Waals surface area contributed by atoms with Crippen LogP contribution in [0.15, 0.2) is 42.5 Å². The smallest absolute Gasteiger partial charge is 0.338 e. The number of esters is 1. The second kappa shape index (κ2) is 6.92. The fourth-order valence-corrected chi connectivity index (χ4v) is 2.96. The molecule has 0 atom stereocenters. The molecule has 0 radical (unpaired) electrons. The lowest BCUT2D eigenvalue weighted by molar-refractivity contribution is -0.128. The van der Waals surface area contributed by atoms with E-state index >= 15 is 0 Å². The van der Waals surface area contributed by atoms with Crippen LogP contribution < -0.4 is 16.0 Å². The third-order valence-corrected chi connectivity index (χ3v) is 4.66. The molecular weight excluding hydrogens is 370 g/mol. The number of nitrogens with one attached hydrogen (secondary N) is 1. The van der Waals surface area contributed by atoms with Gasteiger partial charge in [0, 0.05) is 0 Å². The van der Waals surface area contributed by atoms with Gasteiger partial charge in [-0.3, -0.25) is 14.5 Å². The first-order valence-electron chi connectivity index (χ1n) is 8.17. The van der Waals surface area contributed by atoms with Crippen molar-refractivity contribution in [1.29, 1.82) is 0 Å². The van der Waals surface area contributed by atoms with Crippen molar-refractivity contribution in [3.05, 3.63) is 53.1 Å². The lowest BCUT2D eigenvalue weighted by Gasteiger charge is -2.41. The highest BCUT2D eigenvalue weighted by Gasteiger charge is 2.43. The van der Waals surface area contributed by atoms with Gasteiger partial charge in [0.05, 0.1) is 27.6 Å². The lowest BCUT2D eigenvalue weighted by atomic mass is 9.96. The largest absolute Gasteiger partial charge is 0.452 e. The Morgan fingerprint density at radius 3 is 2.63 bits per heavy atom. The standard InChI is InChI=1S/C19H18ClN3O4/c1-19(2)18(26)22-14-5-3-4-6-15(14)23(19)16(24)10-27-17(25)11-7-8-12(20)13(21)9-11/h3-9H,10,21H2,1-2H3,(H,22,26). The van der Waals surface area contributed by atoms with Crippen molar-refractivity contribution in [1.82, 2.24) is 0 Å². The molecular formula is C19H18ClN3O4. The van der Waals surface area contributed by atoms with Gasteiger partial charge in [-0.1, -0.05) is 23.7 Å². The Morgan fingerprint density at radius 2 is 1.93 bits per heavy atom. The van der Waals surface area contributed by atoms with Crippen molar-refractivity contribution in [2.24, 2.45) is 0 Å². The number of nitrogens with two attached hydrogens (primary N) is 1. The van der Waals surface area contributed by atoms with Crippen molar-refractivity contribution in [2.75, 3.05) is 22.6 Å². The SMILES string of the molecule is CC1(C)C(=O)Nc2ccccc2N1C(=O)COC(=O)c1ccc(Cl)c(N)c1. The number of nitrogens with zero attached hydrogens (tertiary/aromatic N) is 1. The molecule has 0 bridgehead atoms. The Bertz CT molecular complexity index is 942. The number of benzene rings is 2. The highest BCUT2D eigenvalue weighted by atomic mass is 35.5. The maximum Gasteiger partial charge on any atom is 0.338 e. The van der Waals surface area contributed by atoms with E-state index in [0.717, 1.165) is 0 Å². The van der Waals surface area contributed by atoms with E-state index < -0.39 is 24.0 Å². The van der Waals surface area contributed by atoms with Gasteiger partial charge in [-0.05, 0) is 44.2 Å². The number of ether oxygens (including phenoxy) is 1. The number of rotatable bonds is 3. The van der Waals surface area contributed by atoms with Gasteiger partial charge in [0.1, 0.15) is 5.54 Å². The third kappa shape index (κ3) is 3.46. The van der Waals surface area contributed by atoms with Crippen molar-refractivity contribution in [3.8, 4) is 0 Å². The van der Waals surface area contributed by atoms with E-state index in [1.54, 1.807) is 38.1 Å². The molecule has 0 saturated carbocycles. The maximum absolute atomic E-state index is 12.8. The van der Waals surface area contributed by atoms with Crippen molar-refractivity contribution in [3.63, 3.8) is 0 Å². The minimum absolute atomic E-state index is 0.181. The van der Waals surface area contributed by atoms with Crippen LogP contribution in [0.2, 0.25) is 5.02 Å². The van der Waals surface area contributed by atoms with E-state index in [-0.39, 0.29) is 17.2 Å². The summed E-state index contributed by atoms with van der Waals surface area (Å²) in [6.07, 6.45) is 0.